The highest BCUT2D eigenvalue weighted by Gasteiger charge is 2.47. The van der Waals surface area contributed by atoms with Gasteiger partial charge in [0.1, 0.15) is 0 Å². The van der Waals surface area contributed by atoms with Crippen molar-refractivity contribution in [2.75, 3.05) is 12.3 Å². The maximum Gasteiger partial charge on any atom is 0.318 e. The quantitative estimate of drug-likeness (QED) is 0.554. The molecule has 2 fully saturated rings. The molecular weight excluding hydrogens is 264 g/mol. The summed E-state index contributed by atoms with van der Waals surface area (Å²) in [6.45, 7) is 2.91. The number of amides is 2. The van der Waals surface area contributed by atoms with Gasteiger partial charge in [0.2, 0.25) is 0 Å². The van der Waals surface area contributed by atoms with Crippen LogP contribution in [0.4, 0.5) is 4.79 Å². The number of thioether (sulfide) groups is 1. The highest BCUT2D eigenvalue weighted by Crippen LogP contribution is 2.37. The highest BCUT2D eigenvalue weighted by atomic mass is 32.2. The van der Waals surface area contributed by atoms with E-state index in [-0.39, 0.29) is 18.5 Å². The van der Waals surface area contributed by atoms with Gasteiger partial charge in [-0.1, -0.05) is 13.3 Å². The molecule has 0 aromatic heterocycles. The number of carboxylic acid groups (broad SMARTS) is 1. The lowest BCUT2D eigenvalue weighted by Crippen LogP contribution is -2.41. The number of urea groups is 1. The van der Waals surface area contributed by atoms with Crippen LogP contribution in [0.25, 0.3) is 0 Å². The third-order valence-corrected chi connectivity index (χ3v) is 5.30. The summed E-state index contributed by atoms with van der Waals surface area (Å²) < 4.78 is 0. The van der Waals surface area contributed by atoms with Gasteiger partial charge >= 0.3 is 12.0 Å². The molecule has 2 heterocycles. The molecule has 0 aromatic rings. The van der Waals surface area contributed by atoms with Crippen LogP contribution in [0.2, 0.25) is 0 Å². The first kappa shape index (κ1) is 14.5. The molecule has 0 bridgehead atoms. The Bertz CT molecular complexity index is 351. The summed E-state index contributed by atoms with van der Waals surface area (Å²) in [5.41, 5.74) is 0. The molecule has 2 aliphatic heterocycles. The summed E-state index contributed by atoms with van der Waals surface area (Å²) in [4.78, 5) is 24.3. The van der Waals surface area contributed by atoms with E-state index in [9.17, 15) is 9.59 Å². The molecule has 2 rings (SSSR count). The van der Waals surface area contributed by atoms with Gasteiger partial charge in [0.05, 0.1) is 12.1 Å². The SMILES string of the molecule is CCCN1C(=O)NC2CSC(CCCCC(=O)O)C21. The van der Waals surface area contributed by atoms with Crippen molar-refractivity contribution in [2.45, 2.75) is 56.4 Å². The van der Waals surface area contributed by atoms with Crippen molar-refractivity contribution in [3.05, 3.63) is 0 Å². The fraction of sp³-hybridized carbons (Fsp3) is 0.846. The molecule has 0 aliphatic carbocycles. The second-order valence-electron chi connectivity index (χ2n) is 5.25. The minimum atomic E-state index is -0.720. The van der Waals surface area contributed by atoms with E-state index in [1.165, 1.54) is 0 Å². The number of unbranched alkanes of at least 4 members (excludes halogenated alkanes) is 1. The lowest BCUT2D eigenvalue weighted by molar-refractivity contribution is -0.137. The van der Waals surface area contributed by atoms with Crippen LogP contribution in [0, 0.1) is 0 Å². The van der Waals surface area contributed by atoms with E-state index in [0.29, 0.717) is 11.3 Å². The molecule has 6 heteroatoms. The number of carbonyl (C=O) groups is 2. The first-order valence-corrected chi connectivity index (χ1v) is 8.09. The fourth-order valence-electron chi connectivity index (χ4n) is 2.97. The molecule has 19 heavy (non-hydrogen) atoms. The minimum absolute atomic E-state index is 0.0766. The Kier molecular flexibility index (Phi) is 4.96. The summed E-state index contributed by atoms with van der Waals surface area (Å²) in [6, 6.07) is 0.670. The number of nitrogens with one attached hydrogen (secondary N) is 1. The van der Waals surface area contributed by atoms with Crippen LogP contribution in [-0.2, 0) is 4.79 Å². The molecule has 2 aliphatic rings. The van der Waals surface area contributed by atoms with Crippen LogP contribution >= 0.6 is 11.8 Å². The first-order valence-electron chi connectivity index (χ1n) is 7.04. The Labute approximate surface area is 118 Å². The molecule has 108 valence electrons. The smallest absolute Gasteiger partial charge is 0.318 e. The van der Waals surface area contributed by atoms with Crippen LogP contribution < -0.4 is 5.32 Å². The number of rotatable bonds is 7. The van der Waals surface area contributed by atoms with Gasteiger partial charge in [0, 0.05) is 24.0 Å². The minimum Gasteiger partial charge on any atom is -0.481 e. The van der Waals surface area contributed by atoms with Crippen LogP contribution in [-0.4, -0.2) is 51.6 Å². The number of fused-ring (bicyclic) bond motifs is 1. The van der Waals surface area contributed by atoms with Gasteiger partial charge in [-0.15, -0.1) is 0 Å². The Morgan fingerprint density at radius 3 is 3.00 bits per heavy atom. The zero-order chi connectivity index (χ0) is 13.8. The van der Waals surface area contributed by atoms with Gasteiger partial charge in [0.25, 0.3) is 0 Å². The van der Waals surface area contributed by atoms with Gasteiger partial charge in [-0.25, -0.2) is 4.79 Å². The molecule has 2 N–H and O–H groups in total. The monoisotopic (exact) mass is 286 g/mol. The molecule has 0 radical (unpaired) electrons. The second kappa shape index (κ2) is 6.50. The van der Waals surface area contributed by atoms with E-state index >= 15 is 0 Å². The zero-order valence-electron chi connectivity index (χ0n) is 11.3. The maximum atomic E-state index is 11.9. The molecular formula is C13H22N2O3S. The number of carboxylic acids is 1. The van der Waals surface area contributed by atoms with Crippen molar-refractivity contribution in [1.82, 2.24) is 10.2 Å². The van der Waals surface area contributed by atoms with E-state index < -0.39 is 5.97 Å². The van der Waals surface area contributed by atoms with Gasteiger partial charge in [0.15, 0.2) is 0 Å². The summed E-state index contributed by atoms with van der Waals surface area (Å²) in [5.74, 6) is 0.266. The van der Waals surface area contributed by atoms with Gasteiger partial charge in [-0.2, -0.15) is 11.8 Å². The van der Waals surface area contributed by atoms with Crippen molar-refractivity contribution in [3.63, 3.8) is 0 Å². The Hall–Kier alpha value is -0.910. The molecule has 3 unspecified atom stereocenters. The second-order valence-corrected chi connectivity index (χ2v) is 6.52. The third-order valence-electron chi connectivity index (χ3n) is 3.81. The first-order chi connectivity index (χ1) is 9.13. The van der Waals surface area contributed by atoms with E-state index in [1.54, 1.807) is 0 Å². The molecule has 2 saturated heterocycles. The number of nitrogens with zero attached hydrogens (tertiary/aromatic N) is 1. The summed E-state index contributed by atoms with van der Waals surface area (Å²) in [5, 5.41) is 12.2. The Morgan fingerprint density at radius 1 is 1.53 bits per heavy atom. The topological polar surface area (TPSA) is 69.6 Å². The van der Waals surface area contributed by atoms with Crippen molar-refractivity contribution >= 4 is 23.8 Å². The van der Waals surface area contributed by atoms with Crippen molar-refractivity contribution in [2.24, 2.45) is 0 Å². The number of carbonyl (C=O) groups excluding carboxylic acids is 1. The van der Waals surface area contributed by atoms with E-state index in [0.717, 1.165) is 38.0 Å². The summed E-state index contributed by atoms with van der Waals surface area (Å²) in [6.07, 6.45) is 3.91. The largest absolute Gasteiger partial charge is 0.481 e. The van der Waals surface area contributed by atoms with Crippen LogP contribution in [0.1, 0.15) is 39.0 Å². The highest BCUT2D eigenvalue weighted by molar-refractivity contribution is 8.00. The van der Waals surface area contributed by atoms with Gasteiger partial charge < -0.3 is 15.3 Å². The summed E-state index contributed by atoms with van der Waals surface area (Å²) in [7, 11) is 0. The molecule has 3 atom stereocenters. The van der Waals surface area contributed by atoms with Crippen molar-refractivity contribution in [3.8, 4) is 0 Å². The van der Waals surface area contributed by atoms with Gasteiger partial charge in [-0.05, 0) is 19.3 Å². The van der Waals surface area contributed by atoms with E-state index in [2.05, 4.69) is 12.2 Å². The third kappa shape index (κ3) is 3.35. The van der Waals surface area contributed by atoms with Crippen LogP contribution in [0.3, 0.4) is 0 Å². The van der Waals surface area contributed by atoms with E-state index in [1.807, 2.05) is 16.7 Å². The van der Waals surface area contributed by atoms with Crippen LogP contribution in [0.15, 0.2) is 0 Å². The predicted octanol–water partition coefficient (Wildman–Crippen LogP) is 1.92. The number of aliphatic carboxylic acids is 1. The number of hydrogen-bond donors (Lipinski definition) is 2. The normalized spacial score (nSPS) is 29.4. The lowest BCUT2D eigenvalue weighted by Gasteiger charge is -2.26. The van der Waals surface area contributed by atoms with Crippen molar-refractivity contribution < 1.29 is 14.7 Å². The van der Waals surface area contributed by atoms with Crippen molar-refractivity contribution in [1.29, 1.82) is 0 Å². The zero-order valence-corrected chi connectivity index (χ0v) is 12.1. The standard InChI is InChI=1S/C13H22N2O3S/c1-2-7-15-12-9(14-13(15)18)8-19-10(12)5-3-4-6-11(16)17/h9-10,12H,2-8H2,1H3,(H,14,18)(H,16,17). The molecule has 0 aromatic carbocycles. The lowest BCUT2D eigenvalue weighted by atomic mass is 10.0. The van der Waals surface area contributed by atoms with Crippen LogP contribution in [0.5, 0.6) is 0 Å². The fourth-order valence-corrected chi connectivity index (χ4v) is 4.57. The molecule has 5 nitrogen and oxygen atoms in total. The molecule has 0 saturated carbocycles. The number of hydrogen-bond acceptors (Lipinski definition) is 3. The molecule has 2 amide bonds. The summed E-state index contributed by atoms with van der Waals surface area (Å²) >= 11 is 1.92. The molecule has 0 spiro atoms. The van der Waals surface area contributed by atoms with E-state index in [4.69, 9.17) is 5.11 Å². The Balaban J connectivity index is 1.84. The maximum absolute atomic E-state index is 11.9. The Morgan fingerprint density at radius 2 is 2.32 bits per heavy atom. The van der Waals surface area contributed by atoms with Gasteiger partial charge in [-0.3, -0.25) is 4.79 Å². The average Bonchev–Trinajstić information content (AvgIpc) is 2.87. The predicted molar refractivity (Wildman–Crippen MR) is 75.5 cm³/mol. The average molecular weight is 286 g/mol.